The van der Waals surface area contributed by atoms with Crippen molar-refractivity contribution < 1.29 is 14.8 Å². The van der Waals surface area contributed by atoms with Crippen molar-refractivity contribution in [1.29, 1.82) is 0 Å². The van der Waals surface area contributed by atoms with E-state index >= 15 is 0 Å². The van der Waals surface area contributed by atoms with E-state index in [1.807, 2.05) is 24.3 Å². The molecule has 1 N–H and O–H groups in total. The third-order valence-electron chi connectivity index (χ3n) is 3.01. The maximum absolute atomic E-state index is 10.4. The summed E-state index contributed by atoms with van der Waals surface area (Å²) in [5, 5.41) is 19.6. The van der Waals surface area contributed by atoms with Crippen LogP contribution >= 0.6 is 0 Å². The molecule has 0 saturated heterocycles. The van der Waals surface area contributed by atoms with Gasteiger partial charge in [0.15, 0.2) is 0 Å². The van der Waals surface area contributed by atoms with Gasteiger partial charge >= 0.3 is 0 Å². The number of hydrogen-bond acceptors (Lipinski definition) is 4. The number of aliphatic hydroxyl groups excluding tert-OH is 1. The molecule has 0 amide bonds. The molecule has 1 aromatic carbocycles. The lowest BCUT2D eigenvalue weighted by Gasteiger charge is -2.13. The molecule has 1 atom stereocenters. The van der Waals surface area contributed by atoms with Gasteiger partial charge in [-0.15, -0.1) is 0 Å². The SMILES string of the molecule is CC(C)COc1ccc(C[C@@H](CO)CC[N+](=O)[O-])cc1. The van der Waals surface area contributed by atoms with Crippen LogP contribution < -0.4 is 4.74 Å². The van der Waals surface area contributed by atoms with Gasteiger partial charge in [-0.25, -0.2) is 0 Å². The first-order valence-electron chi connectivity index (χ1n) is 6.95. The standard InChI is InChI=1S/C15H23NO4/c1-12(2)11-20-15-5-3-13(4-6-15)9-14(10-17)7-8-16(18)19/h3-6,12,14,17H,7-11H2,1-2H3/t14-/m0/s1. The Kier molecular flexibility index (Phi) is 7.01. The summed E-state index contributed by atoms with van der Waals surface area (Å²) in [5.74, 6) is 1.24. The van der Waals surface area contributed by atoms with Crippen molar-refractivity contribution in [2.75, 3.05) is 19.8 Å². The number of ether oxygens (including phenoxy) is 1. The molecule has 0 aliphatic heterocycles. The molecule has 0 fully saturated rings. The molecule has 0 aromatic heterocycles. The number of aliphatic hydroxyl groups is 1. The Morgan fingerprint density at radius 2 is 1.95 bits per heavy atom. The van der Waals surface area contributed by atoms with E-state index in [1.165, 1.54) is 0 Å². The van der Waals surface area contributed by atoms with Crippen LogP contribution in [0.3, 0.4) is 0 Å². The molecule has 5 nitrogen and oxygen atoms in total. The molecular weight excluding hydrogens is 258 g/mol. The van der Waals surface area contributed by atoms with E-state index in [4.69, 9.17) is 4.74 Å². The monoisotopic (exact) mass is 281 g/mol. The smallest absolute Gasteiger partial charge is 0.204 e. The molecule has 5 heteroatoms. The van der Waals surface area contributed by atoms with Crippen molar-refractivity contribution >= 4 is 0 Å². The highest BCUT2D eigenvalue weighted by atomic mass is 16.6. The maximum atomic E-state index is 10.4. The summed E-state index contributed by atoms with van der Waals surface area (Å²) >= 11 is 0. The molecular formula is C15H23NO4. The Balaban J connectivity index is 2.48. The first-order valence-corrected chi connectivity index (χ1v) is 6.95. The predicted molar refractivity (Wildman–Crippen MR) is 77.5 cm³/mol. The molecule has 0 bridgehead atoms. The van der Waals surface area contributed by atoms with Crippen LogP contribution in [0.5, 0.6) is 5.75 Å². The second-order valence-electron chi connectivity index (χ2n) is 5.45. The van der Waals surface area contributed by atoms with E-state index in [2.05, 4.69) is 13.8 Å². The van der Waals surface area contributed by atoms with Gasteiger partial charge in [-0.1, -0.05) is 26.0 Å². The first kappa shape index (κ1) is 16.4. The molecule has 0 aliphatic carbocycles. The highest BCUT2D eigenvalue weighted by Gasteiger charge is 2.12. The Morgan fingerprint density at radius 3 is 2.45 bits per heavy atom. The second kappa shape index (κ2) is 8.53. The highest BCUT2D eigenvalue weighted by Crippen LogP contribution is 2.17. The minimum atomic E-state index is -0.342. The van der Waals surface area contributed by atoms with Gasteiger partial charge in [-0.2, -0.15) is 0 Å². The molecule has 0 heterocycles. The Bertz CT molecular complexity index is 403. The maximum Gasteiger partial charge on any atom is 0.204 e. The van der Waals surface area contributed by atoms with Gasteiger partial charge in [0.1, 0.15) is 5.75 Å². The van der Waals surface area contributed by atoms with Crippen LogP contribution in [0.25, 0.3) is 0 Å². The van der Waals surface area contributed by atoms with E-state index < -0.39 is 0 Å². The van der Waals surface area contributed by atoms with Crippen molar-refractivity contribution in [1.82, 2.24) is 0 Å². The zero-order valence-corrected chi connectivity index (χ0v) is 12.1. The van der Waals surface area contributed by atoms with Crippen LogP contribution in [0.15, 0.2) is 24.3 Å². The largest absolute Gasteiger partial charge is 0.493 e. The third kappa shape index (κ3) is 6.52. The summed E-state index contributed by atoms with van der Waals surface area (Å²) in [6.45, 7) is 4.74. The molecule has 20 heavy (non-hydrogen) atoms. The van der Waals surface area contributed by atoms with Gasteiger partial charge in [-0.05, 0) is 36.0 Å². The molecule has 0 spiro atoms. The summed E-state index contributed by atoms with van der Waals surface area (Å²) in [7, 11) is 0. The van der Waals surface area contributed by atoms with Crippen LogP contribution in [-0.4, -0.2) is 29.8 Å². The van der Waals surface area contributed by atoms with Gasteiger partial charge in [0.25, 0.3) is 0 Å². The lowest BCUT2D eigenvalue weighted by Crippen LogP contribution is -2.15. The van der Waals surface area contributed by atoms with Crippen LogP contribution in [-0.2, 0) is 6.42 Å². The lowest BCUT2D eigenvalue weighted by atomic mass is 9.97. The van der Waals surface area contributed by atoms with E-state index in [0.717, 1.165) is 11.3 Å². The van der Waals surface area contributed by atoms with Crippen LogP contribution in [0, 0.1) is 22.0 Å². The Morgan fingerprint density at radius 1 is 1.30 bits per heavy atom. The van der Waals surface area contributed by atoms with E-state index in [1.54, 1.807) is 0 Å². The van der Waals surface area contributed by atoms with Crippen LogP contribution in [0.2, 0.25) is 0 Å². The summed E-state index contributed by atoms with van der Waals surface area (Å²) in [5.41, 5.74) is 1.06. The van der Waals surface area contributed by atoms with E-state index in [9.17, 15) is 15.2 Å². The van der Waals surface area contributed by atoms with Crippen molar-refractivity contribution in [2.45, 2.75) is 26.7 Å². The van der Waals surface area contributed by atoms with Gasteiger partial charge in [0, 0.05) is 18.0 Å². The normalized spacial score (nSPS) is 12.4. The molecule has 1 rings (SSSR count). The molecule has 112 valence electrons. The summed E-state index contributed by atoms with van der Waals surface area (Å²) < 4.78 is 5.59. The topological polar surface area (TPSA) is 72.6 Å². The minimum Gasteiger partial charge on any atom is -0.493 e. The quantitative estimate of drug-likeness (QED) is 0.557. The average Bonchev–Trinajstić information content (AvgIpc) is 2.42. The number of nitrogens with zero attached hydrogens (tertiary/aromatic N) is 1. The molecule has 1 aromatic rings. The van der Waals surface area contributed by atoms with Crippen molar-refractivity contribution in [3.63, 3.8) is 0 Å². The number of benzene rings is 1. The third-order valence-corrected chi connectivity index (χ3v) is 3.01. The number of rotatable bonds is 9. The lowest BCUT2D eigenvalue weighted by molar-refractivity contribution is -0.481. The molecule has 0 radical (unpaired) electrons. The highest BCUT2D eigenvalue weighted by molar-refractivity contribution is 5.27. The van der Waals surface area contributed by atoms with E-state index in [-0.39, 0.29) is 24.0 Å². The summed E-state index contributed by atoms with van der Waals surface area (Å²) in [4.78, 5) is 10.0. The average molecular weight is 281 g/mol. The van der Waals surface area contributed by atoms with Crippen LogP contribution in [0.4, 0.5) is 0 Å². The number of nitro groups is 1. The zero-order valence-electron chi connectivity index (χ0n) is 12.1. The zero-order chi connectivity index (χ0) is 15.0. The van der Waals surface area contributed by atoms with Gasteiger partial charge < -0.3 is 9.84 Å². The summed E-state index contributed by atoms with van der Waals surface area (Å²) in [6.07, 6.45) is 1.05. The summed E-state index contributed by atoms with van der Waals surface area (Å²) in [6, 6.07) is 7.70. The fraction of sp³-hybridized carbons (Fsp3) is 0.600. The fourth-order valence-electron chi connectivity index (χ4n) is 1.86. The Labute approximate surface area is 119 Å². The second-order valence-corrected chi connectivity index (χ2v) is 5.45. The fourth-order valence-corrected chi connectivity index (χ4v) is 1.86. The minimum absolute atomic E-state index is 0.0283. The first-order chi connectivity index (χ1) is 9.51. The van der Waals surface area contributed by atoms with Crippen LogP contribution in [0.1, 0.15) is 25.8 Å². The molecule has 0 saturated carbocycles. The predicted octanol–water partition coefficient (Wildman–Crippen LogP) is 2.54. The van der Waals surface area contributed by atoms with Crippen molar-refractivity contribution in [2.24, 2.45) is 11.8 Å². The van der Waals surface area contributed by atoms with Gasteiger partial charge in [0.2, 0.25) is 6.54 Å². The number of hydrogen-bond donors (Lipinski definition) is 1. The van der Waals surface area contributed by atoms with Crippen molar-refractivity contribution in [3.05, 3.63) is 39.9 Å². The molecule has 0 aliphatic rings. The van der Waals surface area contributed by atoms with E-state index in [0.29, 0.717) is 25.4 Å². The van der Waals surface area contributed by atoms with Gasteiger partial charge in [-0.3, -0.25) is 10.1 Å². The molecule has 0 unspecified atom stereocenters. The van der Waals surface area contributed by atoms with Crippen molar-refractivity contribution in [3.8, 4) is 5.75 Å². The van der Waals surface area contributed by atoms with Gasteiger partial charge in [0.05, 0.1) is 6.61 Å². The Hall–Kier alpha value is -1.62.